The molecule has 0 unspecified atom stereocenters. The number of aryl methyl sites for hydroxylation is 1. The van der Waals surface area contributed by atoms with Crippen molar-refractivity contribution in [2.75, 3.05) is 31.5 Å². The third-order valence-electron chi connectivity index (χ3n) is 5.22. The van der Waals surface area contributed by atoms with Crippen LogP contribution in [0, 0.1) is 12.7 Å². The number of benzene rings is 2. The van der Waals surface area contributed by atoms with E-state index in [-0.39, 0.29) is 23.2 Å². The van der Waals surface area contributed by atoms with Crippen molar-refractivity contribution in [3.8, 4) is 0 Å². The van der Waals surface area contributed by atoms with E-state index in [1.54, 1.807) is 41.6 Å². The zero-order valence-electron chi connectivity index (χ0n) is 17.2. The van der Waals surface area contributed by atoms with Gasteiger partial charge in [-0.05, 0) is 61.6 Å². The van der Waals surface area contributed by atoms with Crippen LogP contribution in [0.15, 0.2) is 47.4 Å². The molecule has 0 aromatic heterocycles. The highest BCUT2D eigenvalue weighted by Gasteiger charge is 2.27. The zero-order valence-corrected chi connectivity index (χ0v) is 18.0. The molecule has 2 aromatic carbocycles. The van der Waals surface area contributed by atoms with Crippen LogP contribution < -0.4 is 10.6 Å². The van der Waals surface area contributed by atoms with E-state index in [2.05, 4.69) is 10.6 Å². The van der Waals surface area contributed by atoms with Gasteiger partial charge in [-0.25, -0.2) is 12.8 Å². The monoisotopic (exact) mass is 433 g/mol. The molecule has 0 aliphatic carbocycles. The Morgan fingerprint density at radius 1 is 1.07 bits per heavy atom. The summed E-state index contributed by atoms with van der Waals surface area (Å²) in [5.74, 6) is -0.482. The summed E-state index contributed by atoms with van der Waals surface area (Å²) in [6.45, 7) is 3.36. The molecule has 1 aliphatic rings. The molecule has 162 valence electrons. The topological polar surface area (TPSA) is 78.5 Å². The first-order valence-electron chi connectivity index (χ1n) is 10.2. The fraction of sp³-hybridized carbons (Fsp3) is 0.409. The van der Waals surface area contributed by atoms with Gasteiger partial charge in [0.2, 0.25) is 15.9 Å². The van der Waals surface area contributed by atoms with Crippen molar-refractivity contribution in [1.29, 1.82) is 0 Å². The Labute approximate surface area is 177 Å². The van der Waals surface area contributed by atoms with E-state index in [0.29, 0.717) is 37.3 Å². The van der Waals surface area contributed by atoms with Crippen molar-refractivity contribution in [2.45, 2.75) is 37.5 Å². The van der Waals surface area contributed by atoms with E-state index < -0.39 is 10.0 Å². The van der Waals surface area contributed by atoms with Crippen LogP contribution in [0.3, 0.4) is 0 Å². The minimum atomic E-state index is -3.54. The molecule has 1 fully saturated rings. The highest BCUT2D eigenvalue weighted by molar-refractivity contribution is 7.89. The highest BCUT2D eigenvalue weighted by atomic mass is 32.2. The molecule has 2 N–H and O–H groups in total. The van der Waals surface area contributed by atoms with Crippen LogP contribution in [0.25, 0.3) is 0 Å². The summed E-state index contributed by atoms with van der Waals surface area (Å²) in [5.41, 5.74) is 2.22. The Kier molecular flexibility index (Phi) is 7.44. The Morgan fingerprint density at radius 3 is 2.47 bits per heavy atom. The number of nitrogens with one attached hydrogen (secondary N) is 2. The zero-order chi connectivity index (χ0) is 21.6. The first-order chi connectivity index (χ1) is 14.4. The molecule has 1 aliphatic heterocycles. The van der Waals surface area contributed by atoms with Crippen molar-refractivity contribution in [1.82, 2.24) is 9.62 Å². The molecule has 1 saturated heterocycles. The molecule has 3 rings (SSSR count). The second-order valence-corrected chi connectivity index (χ2v) is 9.43. The van der Waals surface area contributed by atoms with Gasteiger partial charge in [0.25, 0.3) is 0 Å². The van der Waals surface area contributed by atoms with Gasteiger partial charge in [0, 0.05) is 25.3 Å². The highest BCUT2D eigenvalue weighted by Crippen LogP contribution is 2.25. The minimum absolute atomic E-state index is 0.0374. The van der Waals surface area contributed by atoms with Gasteiger partial charge in [-0.2, -0.15) is 4.31 Å². The summed E-state index contributed by atoms with van der Waals surface area (Å²) in [6, 6.07) is 11.3. The molecule has 30 heavy (non-hydrogen) atoms. The first kappa shape index (κ1) is 22.2. The lowest BCUT2D eigenvalue weighted by Gasteiger charge is -2.26. The normalized spacial score (nSPS) is 15.0. The number of sulfonamides is 1. The SMILES string of the molecule is Cc1ccc(NCC(=O)NCCc2ccc(F)cc2)cc1S(=O)(=O)N1CCCCC1. The Hall–Kier alpha value is -2.45. The lowest BCUT2D eigenvalue weighted by Crippen LogP contribution is -2.36. The van der Waals surface area contributed by atoms with Crippen LogP contribution in [0.1, 0.15) is 30.4 Å². The summed E-state index contributed by atoms with van der Waals surface area (Å²) >= 11 is 0. The van der Waals surface area contributed by atoms with Gasteiger partial charge in [-0.1, -0.05) is 24.6 Å². The number of nitrogens with zero attached hydrogens (tertiary/aromatic N) is 1. The maximum Gasteiger partial charge on any atom is 0.243 e. The van der Waals surface area contributed by atoms with Gasteiger partial charge in [0.05, 0.1) is 11.4 Å². The predicted octanol–water partition coefficient (Wildman–Crippen LogP) is 3.08. The van der Waals surface area contributed by atoms with Gasteiger partial charge in [-0.15, -0.1) is 0 Å². The number of hydrogen-bond donors (Lipinski definition) is 2. The summed E-state index contributed by atoms with van der Waals surface area (Å²) in [5, 5.41) is 5.80. The lowest BCUT2D eigenvalue weighted by atomic mass is 10.1. The average Bonchev–Trinajstić information content (AvgIpc) is 2.75. The van der Waals surface area contributed by atoms with Crippen molar-refractivity contribution >= 4 is 21.6 Å². The fourth-order valence-electron chi connectivity index (χ4n) is 3.47. The number of halogens is 1. The fourth-order valence-corrected chi connectivity index (χ4v) is 5.24. The number of amides is 1. The number of piperidine rings is 1. The molecule has 8 heteroatoms. The van der Waals surface area contributed by atoms with Crippen LogP contribution in [0.4, 0.5) is 10.1 Å². The number of carbonyl (C=O) groups excluding carboxylic acids is 1. The molecule has 0 atom stereocenters. The molecule has 6 nitrogen and oxygen atoms in total. The van der Waals surface area contributed by atoms with Crippen molar-refractivity contribution in [2.24, 2.45) is 0 Å². The van der Waals surface area contributed by atoms with Crippen LogP contribution in [-0.4, -0.2) is 44.8 Å². The first-order valence-corrected chi connectivity index (χ1v) is 11.7. The molecule has 0 radical (unpaired) electrons. The number of hydrogen-bond acceptors (Lipinski definition) is 4. The molecule has 0 spiro atoms. The van der Waals surface area contributed by atoms with Crippen LogP contribution >= 0.6 is 0 Å². The van der Waals surface area contributed by atoms with Gasteiger partial charge in [-0.3, -0.25) is 4.79 Å². The molecular formula is C22H28FN3O3S. The van der Waals surface area contributed by atoms with Crippen LogP contribution in [0.5, 0.6) is 0 Å². The van der Waals surface area contributed by atoms with Gasteiger partial charge in [0.1, 0.15) is 5.82 Å². The molecular weight excluding hydrogens is 405 g/mol. The van der Waals surface area contributed by atoms with E-state index in [0.717, 1.165) is 24.8 Å². The van der Waals surface area contributed by atoms with Gasteiger partial charge < -0.3 is 10.6 Å². The maximum absolute atomic E-state index is 13.0. The summed E-state index contributed by atoms with van der Waals surface area (Å²) < 4.78 is 40.4. The average molecular weight is 434 g/mol. The summed E-state index contributed by atoms with van der Waals surface area (Å²) in [6.07, 6.45) is 3.43. The minimum Gasteiger partial charge on any atom is -0.376 e. The largest absolute Gasteiger partial charge is 0.376 e. The number of carbonyl (C=O) groups is 1. The van der Waals surface area contributed by atoms with Gasteiger partial charge in [0.15, 0.2) is 0 Å². The quantitative estimate of drug-likeness (QED) is 0.671. The smallest absolute Gasteiger partial charge is 0.243 e. The van der Waals surface area contributed by atoms with Crippen LogP contribution in [-0.2, 0) is 21.2 Å². The van der Waals surface area contributed by atoms with E-state index in [9.17, 15) is 17.6 Å². The Morgan fingerprint density at radius 2 is 1.77 bits per heavy atom. The van der Waals surface area contributed by atoms with E-state index in [1.807, 2.05) is 0 Å². The van der Waals surface area contributed by atoms with Crippen LogP contribution in [0.2, 0.25) is 0 Å². The second kappa shape index (κ2) is 10.0. The summed E-state index contributed by atoms with van der Waals surface area (Å²) in [7, 11) is -3.54. The van der Waals surface area contributed by atoms with Crippen molar-refractivity contribution < 1.29 is 17.6 Å². The Bertz CT molecular complexity index is 972. The van der Waals surface area contributed by atoms with Crippen molar-refractivity contribution in [3.63, 3.8) is 0 Å². The number of anilines is 1. The third kappa shape index (κ3) is 5.79. The molecule has 0 bridgehead atoms. The third-order valence-corrected chi connectivity index (χ3v) is 7.26. The standard InChI is InChI=1S/C22H28FN3O3S/c1-17-5-10-20(15-21(17)30(28,29)26-13-3-2-4-14-26)25-16-22(27)24-12-11-18-6-8-19(23)9-7-18/h5-10,15,25H,2-4,11-14,16H2,1H3,(H,24,27). The lowest BCUT2D eigenvalue weighted by molar-refractivity contribution is -0.119. The van der Waals surface area contributed by atoms with E-state index in [4.69, 9.17) is 0 Å². The molecule has 1 heterocycles. The predicted molar refractivity (Wildman–Crippen MR) is 115 cm³/mol. The molecule has 1 amide bonds. The van der Waals surface area contributed by atoms with Crippen molar-refractivity contribution in [3.05, 3.63) is 59.4 Å². The number of rotatable bonds is 8. The van der Waals surface area contributed by atoms with E-state index >= 15 is 0 Å². The maximum atomic E-state index is 13.0. The Balaban J connectivity index is 1.54. The molecule has 2 aromatic rings. The molecule has 0 saturated carbocycles. The van der Waals surface area contributed by atoms with Gasteiger partial charge >= 0.3 is 0 Å². The second-order valence-electron chi connectivity index (χ2n) is 7.52. The van der Waals surface area contributed by atoms with E-state index in [1.165, 1.54) is 12.1 Å². The summed E-state index contributed by atoms with van der Waals surface area (Å²) in [4.78, 5) is 12.4.